The van der Waals surface area contributed by atoms with Gasteiger partial charge in [0.05, 0.1) is 0 Å². The fourth-order valence-corrected chi connectivity index (χ4v) is 4.40. The number of hydrogen-bond donors (Lipinski definition) is 1. The molecule has 0 bridgehead atoms. The third-order valence-corrected chi connectivity index (χ3v) is 6.66. The van der Waals surface area contributed by atoms with Gasteiger partial charge in [-0.1, -0.05) is 69.5 Å². The molecule has 1 atom stereocenters. The van der Waals surface area contributed by atoms with Crippen LogP contribution < -0.4 is 5.32 Å². The van der Waals surface area contributed by atoms with E-state index in [0.717, 1.165) is 36.8 Å². The Balaban J connectivity index is 1.68. The molecule has 2 amide bonds. The van der Waals surface area contributed by atoms with Gasteiger partial charge < -0.3 is 10.2 Å². The van der Waals surface area contributed by atoms with Crippen molar-refractivity contribution in [1.29, 1.82) is 0 Å². The highest BCUT2D eigenvalue weighted by molar-refractivity contribution is 5.87. The van der Waals surface area contributed by atoms with Gasteiger partial charge in [0.2, 0.25) is 11.8 Å². The number of aryl methyl sites for hydroxylation is 1. The summed E-state index contributed by atoms with van der Waals surface area (Å²) in [5.41, 5.74) is 3.19. The number of carbonyl (C=O) groups excluding carboxylic acids is 2. The van der Waals surface area contributed by atoms with Crippen LogP contribution in [-0.2, 0) is 22.6 Å². The molecule has 1 aliphatic carbocycles. The van der Waals surface area contributed by atoms with E-state index in [-0.39, 0.29) is 30.2 Å². The summed E-state index contributed by atoms with van der Waals surface area (Å²) in [6, 6.07) is 14.1. The lowest BCUT2D eigenvalue weighted by atomic mass is 9.95. The molecule has 0 heterocycles. The van der Waals surface area contributed by atoms with E-state index in [1.807, 2.05) is 0 Å². The number of carbonyl (C=O) groups is 2. The summed E-state index contributed by atoms with van der Waals surface area (Å²) in [5.74, 6) is -0.0304. The van der Waals surface area contributed by atoms with Gasteiger partial charge in [0.25, 0.3) is 0 Å². The fraction of sp³-hybridized carbons (Fsp3) is 0.500. The van der Waals surface area contributed by atoms with Crippen molar-refractivity contribution in [2.75, 3.05) is 0 Å². The number of nitrogens with one attached hydrogen (secondary N) is 1. The van der Waals surface area contributed by atoms with Gasteiger partial charge in [-0.3, -0.25) is 9.59 Å². The highest BCUT2D eigenvalue weighted by atomic mass is 19.1. The first-order valence-electron chi connectivity index (χ1n) is 12.3. The van der Waals surface area contributed by atoms with Crippen LogP contribution >= 0.6 is 0 Å². The minimum absolute atomic E-state index is 0.0708. The molecular weight excluding hydrogens is 415 g/mol. The fourth-order valence-electron chi connectivity index (χ4n) is 4.40. The quantitative estimate of drug-likeness (QED) is 0.527. The molecule has 0 radical (unpaired) electrons. The molecule has 0 saturated heterocycles. The van der Waals surface area contributed by atoms with Crippen LogP contribution in [-0.4, -0.2) is 28.8 Å². The molecule has 5 heteroatoms. The smallest absolute Gasteiger partial charge is 0.242 e. The van der Waals surface area contributed by atoms with Gasteiger partial charge in [-0.25, -0.2) is 4.39 Å². The van der Waals surface area contributed by atoms with E-state index in [2.05, 4.69) is 43.4 Å². The van der Waals surface area contributed by atoms with Gasteiger partial charge in [0, 0.05) is 19.0 Å². The number of hydrogen-bond acceptors (Lipinski definition) is 2. The third-order valence-electron chi connectivity index (χ3n) is 6.66. The van der Waals surface area contributed by atoms with Gasteiger partial charge in [0.15, 0.2) is 0 Å². The molecule has 0 spiro atoms. The number of rotatable bonds is 9. The zero-order valence-electron chi connectivity index (χ0n) is 20.1. The first-order chi connectivity index (χ1) is 15.8. The van der Waals surface area contributed by atoms with Crippen LogP contribution in [0.5, 0.6) is 0 Å². The summed E-state index contributed by atoms with van der Waals surface area (Å²) in [5, 5.41) is 3.15. The molecule has 0 aliphatic heterocycles. The summed E-state index contributed by atoms with van der Waals surface area (Å²) in [4.78, 5) is 27.9. The molecule has 1 saturated carbocycles. The third kappa shape index (κ3) is 7.41. The van der Waals surface area contributed by atoms with Crippen LogP contribution in [0.2, 0.25) is 0 Å². The topological polar surface area (TPSA) is 49.4 Å². The lowest BCUT2D eigenvalue weighted by Gasteiger charge is -2.31. The molecule has 0 unspecified atom stereocenters. The monoisotopic (exact) mass is 452 g/mol. The molecule has 1 fully saturated rings. The van der Waals surface area contributed by atoms with Gasteiger partial charge in [-0.15, -0.1) is 0 Å². The molecule has 0 aromatic heterocycles. The van der Waals surface area contributed by atoms with Crippen molar-refractivity contribution >= 4 is 11.8 Å². The van der Waals surface area contributed by atoms with Gasteiger partial charge >= 0.3 is 0 Å². The van der Waals surface area contributed by atoms with E-state index >= 15 is 0 Å². The largest absolute Gasteiger partial charge is 0.352 e. The van der Waals surface area contributed by atoms with Crippen molar-refractivity contribution in [2.45, 2.75) is 90.3 Å². The van der Waals surface area contributed by atoms with Crippen LogP contribution in [0.3, 0.4) is 0 Å². The maximum atomic E-state index is 13.4. The summed E-state index contributed by atoms with van der Waals surface area (Å²) >= 11 is 0. The van der Waals surface area contributed by atoms with E-state index in [9.17, 15) is 14.0 Å². The molecule has 4 nitrogen and oxygen atoms in total. The second-order valence-electron chi connectivity index (χ2n) is 9.56. The van der Waals surface area contributed by atoms with Crippen LogP contribution in [0, 0.1) is 5.82 Å². The van der Waals surface area contributed by atoms with Crippen LogP contribution in [0.4, 0.5) is 4.39 Å². The predicted molar refractivity (Wildman–Crippen MR) is 130 cm³/mol. The van der Waals surface area contributed by atoms with Crippen LogP contribution in [0.15, 0.2) is 48.5 Å². The molecule has 3 rings (SSSR count). The second kappa shape index (κ2) is 12.0. The molecule has 33 heavy (non-hydrogen) atoms. The lowest BCUT2D eigenvalue weighted by Crippen LogP contribution is -2.50. The Kier molecular flexibility index (Phi) is 9.04. The van der Waals surface area contributed by atoms with Crippen molar-refractivity contribution in [3.63, 3.8) is 0 Å². The van der Waals surface area contributed by atoms with E-state index in [1.165, 1.54) is 24.1 Å². The van der Waals surface area contributed by atoms with Crippen molar-refractivity contribution in [3.8, 4) is 0 Å². The number of nitrogens with zero attached hydrogens (tertiary/aromatic N) is 1. The lowest BCUT2D eigenvalue weighted by molar-refractivity contribution is -0.141. The summed E-state index contributed by atoms with van der Waals surface area (Å²) < 4.78 is 13.4. The summed E-state index contributed by atoms with van der Waals surface area (Å²) in [7, 11) is 0. The Morgan fingerprint density at radius 2 is 1.55 bits per heavy atom. The number of amides is 2. The minimum Gasteiger partial charge on any atom is -0.352 e. The predicted octanol–water partition coefficient (Wildman–Crippen LogP) is 5.75. The molecule has 2 aromatic rings. The highest BCUT2D eigenvalue weighted by Gasteiger charge is 2.28. The van der Waals surface area contributed by atoms with Crippen molar-refractivity contribution in [2.24, 2.45) is 0 Å². The zero-order chi connectivity index (χ0) is 23.8. The Labute approximate surface area is 197 Å². The molecule has 2 aromatic carbocycles. The van der Waals surface area contributed by atoms with E-state index < -0.39 is 6.04 Å². The molecule has 178 valence electrons. The van der Waals surface area contributed by atoms with Crippen LogP contribution in [0.25, 0.3) is 0 Å². The standard InChI is InChI=1S/C28H37FN2O2/c1-20(2)24-14-9-22(10-15-24)13-18-27(32)31(19-23-11-16-25(29)17-12-23)21(3)28(33)30-26-7-5-4-6-8-26/h9-12,14-17,20-21,26H,4-8,13,18-19H2,1-3H3,(H,30,33)/t21-/m0/s1. The van der Waals surface area contributed by atoms with E-state index in [0.29, 0.717) is 18.8 Å². The van der Waals surface area contributed by atoms with Crippen molar-refractivity contribution in [3.05, 3.63) is 71.0 Å². The Bertz CT molecular complexity index is 902. The first-order valence-corrected chi connectivity index (χ1v) is 12.3. The normalized spacial score (nSPS) is 15.3. The van der Waals surface area contributed by atoms with Gasteiger partial charge in [-0.2, -0.15) is 0 Å². The van der Waals surface area contributed by atoms with Gasteiger partial charge in [-0.05, 0) is 60.9 Å². The van der Waals surface area contributed by atoms with E-state index in [4.69, 9.17) is 0 Å². The highest BCUT2D eigenvalue weighted by Crippen LogP contribution is 2.19. The Morgan fingerprint density at radius 3 is 2.15 bits per heavy atom. The average Bonchev–Trinajstić information content (AvgIpc) is 2.82. The molecule has 1 aliphatic rings. The molecule has 1 N–H and O–H groups in total. The maximum absolute atomic E-state index is 13.4. The Hall–Kier alpha value is -2.69. The van der Waals surface area contributed by atoms with Crippen LogP contribution in [0.1, 0.15) is 81.9 Å². The molecular formula is C28H37FN2O2. The first kappa shape index (κ1) is 24.9. The Morgan fingerprint density at radius 1 is 0.939 bits per heavy atom. The van der Waals surface area contributed by atoms with Gasteiger partial charge in [0.1, 0.15) is 11.9 Å². The van der Waals surface area contributed by atoms with E-state index in [1.54, 1.807) is 24.0 Å². The second-order valence-corrected chi connectivity index (χ2v) is 9.56. The SMILES string of the molecule is CC(C)c1ccc(CCC(=O)N(Cc2ccc(F)cc2)[C@@H](C)C(=O)NC2CCCCC2)cc1. The van der Waals surface area contributed by atoms with Crippen molar-refractivity contribution in [1.82, 2.24) is 10.2 Å². The average molecular weight is 453 g/mol. The zero-order valence-corrected chi connectivity index (χ0v) is 20.1. The van der Waals surface area contributed by atoms with Crippen molar-refractivity contribution < 1.29 is 14.0 Å². The number of benzene rings is 2. The summed E-state index contributed by atoms with van der Waals surface area (Å²) in [6.07, 6.45) is 6.42. The minimum atomic E-state index is -0.590. The number of halogens is 1. The maximum Gasteiger partial charge on any atom is 0.242 e. The summed E-state index contributed by atoms with van der Waals surface area (Å²) in [6.45, 7) is 6.39.